The lowest BCUT2D eigenvalue weighted by Gasteiger charge is -2.15. The summed E-state index contributed by atoms with van der Waals surface area (Å²) in [6, 6.07) is 2.89. The van der Waals surface area contributed by atoms with Gasteiger partial charge in [-0.15, -0.1) is 11.6 Å². The van der Waals surface area contributed by atoms with Gasteiger partial charge in [0.25, 0.3) is 10.1 Å². The topological polar surface area (TPSA) is 54.4 Å². The average Bonchev–Trinajstić information content (AvgIpc) is 2.15. The Kier molecular flexibility index (Phi) is 4.23. The van der Waals surface area contributed by atoms with E-state index in [-0.39, 0.29) is 15.8 Å². The van der Waals surface area contributed by atoms with Gasteiger partial charge in [0, 0.05) is 5.88 Å². The van der Waals surface area contributed by atoms with Crippen molar-refractivity contribution < 1.29 is 13.0 Å². The molecule has 0 radical (unpaired) electrons. The van der Waals surface area contributed by atoms with Gasteiger partial charge in [0.05, 0.1) is 5.02 Å². The van der Waals surface area contributed by atoms with Gasteiger partial charge >= 0.3 is 0 Å². The molecule has 1 atom stereocenters. The first-order chi connectivity index (χ1) is 7.29. The number of alkyl halides is 1. The molecule has 1 aromatic carbocycles. The summed E-state index contributed by atoms with van der Waals surface area (Å²) in [5, 5.41) is 0.0515. The molecule has 1 N–H and O–H groups in total. The second kappa shape index (κ2) is 4.92. The van der Waals surface area contributed by atoms with E-state index in [1.165, 1.54) is 6.07 Å². The van der Waals surface area contributed by atoms with Crippen molar-refractivity contribution >= 4 is 33.3 Å². The highest BCUT2D eigenvalue weighted by atomic mass is 35.5. The summed E-state index contributed by atoms with van der Waals surface area (Å²) in [6.07, 6.45) is 0. The lowest BCUT2D eigenvalue weighted by atomic mass is 9.98. The molecule has 0 spiro atoms. The normalized spacial score (nSPS) is 13.8. The lowest BCUT2D eigenvalue weighted by Crippen LogP contribution is -2.05. The first kappa shape index (κ1) is 13.8. The van der Waals surface area contributed by atoms with Gasteiger partial charge in [0.15, 0.2) is 0 Å². The van der Waals surface area contributed by atoms with Gasteiger partial charge in [-0.2, -0.15) is 8.42 Å². The van der Waals surface area contributed by atoms with Crippen LogP contribution in [-0.2, 0) is 10.1 Å². The van der Waals surface area contributed by atoms with Crippen LogP contribution >= 0.6 is 23.2 Å². The predicted molar refractivity (Wildman–Crippen MR) is 65.1 cm³/mol. The molecule has 0 saturated carbocycles. The van der Waals surface area contributed by atoms with E-state index in [1.807, 2.05) is 13.8 Å². The first-order valence-electron chi connectivity index (χ1n) is 4.61. The Hall–Kier alpha value is -0.290. The van der Waals surface area contributed by atoms with Gasteiger partial charge in [-0.05, 0) is 30.0 Å². The van der Waals surface area contributed by atoms with Crippen molar-refractivity contribution in [2.24, 2.45) is 0 Å². The lowest BCUT2D eigenvalue weighted by molar-refractivity contribution is 0.483. The fourth-order valence-corrected chi connectivity index (χ4v) is 2.97. The molecule has 0 fully saturated rings. The van der Waals surface area contributed by atoms with Crippen LogP contribution < -0.4 is 0 Å². The van der Waals surface area contributed by atoms with E-state index in [0.717, 1.165) is 5.56 Å². The summed E-state index contributed by atoms with van der Waals surface area (Å²) in [6.45, 7) is 3.66. The zero-order valence-electron chi connectivity index (χ0n) is 8.87. The molecule has 6 heteroatoms. The maximum atomic E-state index is 11.1. The number of benzene rings is 1. The van der Waals surface area contributed by atoms with E-state index in [4.69, 9.17) is 27.8 Å². The molecule has 1 aromatic rings. The van der Waals surface area contributed by atoms with Crippen LogP contribution in [0.15, 0.2) is 17.0 Å². The maximum Gasteiger partial charge on any atom is 0.296 e. The summed E-state index contributed by atoms with van der Waals surface area (Å²) in [5.74, 6) is 0.256. The first-order valence-corrected chi connectivity index (χ1v) is 6.96. The van der Waals surface area contributed by atoms with E-state index < -0.39 is 10.1 Å². The average molecular weight is 283 g/mol. The minimum absolute atomic E-state index is 0.0515. The number of aryl methyl sites for hydroxylation is 1. The van der Waals surface area contributed by atoms with Gasteiger partial charge < -0.3 is 0 Å². The molecule has 0 bridgehead atoms. The Balaban J connectivity index is 3.51. The zero-order valence-corrected chi connectivity index (χ0v) is 11.2. The molecule has 3 nitrogen and oxygen atoms in total. The van der Waals surface area contributed by atoms with Gasteiger partial charge in [-0.1, -0.05) is 24.6 Å². The largest absolute Gasteiger partial charge is 0.296 e. The minimum Gasteiger partial charge on any atom is -0.282 e. The summed E-state index contributed by atoms with van der Waals surface area (Å²) >= 11 is 11.7. The summed E-state index contributed by atoms with van der Waals surface area (Å²) in [7, 11) is -4.29. The Labute approximate surface area is 105 Å². The van der Waals surface area contributed by atoms with Gasteiger partial charge in [0.2, 0.25) is 0 Å². The Morgan fingerprint density at radius 3 is 2.44 bits per heavy atom. The Bertz CT molecular complexity index is 497. The van der Waals surface area contributed by atoms with E-state index in [0.29, 0.717) is 11.4 Å². The Morgan fingerprint density at radius 1 is 1.44 bits per heavy atom. The standard InChI is InChI=1S/C10H12Cl2O3S/c1-6-3-4-8(16(13,14)15)10(12)9(6)7(2)5-11/h3-4,7H,5H2,1-2H3,(H,13,14,15)/t7-/m1/s1. The molecule has 16 heavy (non-hydrogen) atoms. The van der Waals surface area contributed by atoms with Crippen molar-refractivity contribution in [1.29, 1.82) is 0 Å². The van der Waals surface area contributed by atoms with Crippen LogP contribution in [0.5, 0.6) is 0 Å². The van der Waals surface area contributed by atoms with E-state index in [2.05, 4.69) is 0 Å². The highest BCUT2D eigenvalue weighted by Gasteiger charge is 2.21. The Morgan fingerprint density at radius 2 is 2.00 bits per heavy atom. The van der Waals surface area contributed by atoms with Crippen LogP contribution in [0.3, 0.4) is 0 Å². The quantitative estimate of drug-likeness (QED) is 0.684. The van der Waals surface area contributed by atoms with Crippen molar-refractivity contribution in [3.8, 4) is 0 Å². The molecule has 0 saturated heterocycles. The summed E-state index contributed by atoms with van der Waals surface area (Å²) in [4.78, 5) is -0.272. The highest BCUT2D eigenvalue weighted by Crippen LogP contribution is 2.33. The number of hydrogen-bond donors (Lipinski definition) is 1. The third-order valence-electron chi connectivity index (χ3n) is 2.36. The van der Waals surface area contributed by atoms with E-state index in [1.54, 1.807) is 6.07 Å². The molecule has 0 amide bonds. The van der Waals surface area contributed by atoms with E-state index in [9.17, 15) is 8.42 Å². The second-order valence-corrected chi connectivity index (χ2v) is 5.72. The second-order valence-electron chi connectivity index (χ2n) is 3.64. The van der Waals surface area contributed by atoms with Gasteiger partial charge in [0.1, 0.15) is 4.90 Å². The number of halogens is 2. The number of rotatable bonds is 3. The van der Waals surface area contributed by atoms with Crippen molar-refractivity contribution in [3.05, 3.63) is 28.3 Å². The van der Waals surface area contributed by atoms with Crippen molar-refractivity contribution in [3.63, 3.8) is 0 Å². The molecule has 0 aliphatic rings. The van der Waals surface area contributed by atoms with Crippen LogP contribution in [0.4, 0.5) is 0 Å². The fourth-order valence-electron chi connectivity index (χ4n) is 1.55. The van der Waals surface area contributed by atoms with Crippen molar-refractivity contribution in [2.75, 3.05) is 5.88 Å². The zero-order chi connectivity index (χ0) is 12.5. The molecule has 0 unspecified atom stereocenters. The third-order valence-corrected chi connectivity index (χ3v) is 4.24. The summed E-state index contributed by atoms with van der Waals surface area (Å²) in [5.41, 5.74) is 1.51. The monoisotopic (exact) mass is 282 g/mol. The predicted octanol–water partition coefficient (Wildman–Crippen LogP) is 3.24. The minimum atomic E-state index is -4.29. The number of hydrogen-bond acceptors (Lipinski definition) is 2. The third kappa shape index (κ3) is 2.69. The van der Waals surface area contributed by atoms with Gasteiger partial charge in [-0.3, -0.25) is 4.55 Å². The summed E-state index contributed by atoms with van der Waals surface area (Å²) < 4.78 is 31.1. The molecular formula is C10H12Cl2O3S. The molecule has 0 aliphatic carbocycles. The molecular weight excluding hydrogens is 271 g/mol. The molecule has 0 heterocycles. The van der Waals surface area contributed by atoms with Crippen LogP contribution in [0, 0.1) is 6.92 Å². The van der Waals surface area contributed by atoms with Crippen LogP contribution in [0.25, 0.3) is 0 Å². The fraction of sp³-hybridized carbons (Fsp3) is 0.400. The molecule has 1 rings (SSSR count). The van der Waals surface area contributed by atoms with E-state index >= 15 is 0 Å². The van der Waals surface area contributed by atoms with Crippen LogP contribution in [-0.4, -0.2) is 18.9 Å². The van der Waals surface area contributed by atoms with Crippen LogP contribution in [0.1, 0.15) is 24.0 Å². The molecule has 0 aliphatic heterocycles. The highest BCUT2D eigenvalue weighted by molar-refractivity contribution is 7.86. The smallest absolute Gasteiger partial charge is 0.282 e. The molecule has 0 aromatic heterocycles. The van der Waals surface area contributed by atoms with Crippen molar-refractivity contribution in [2.45, 2.75) is 24.7 Å². The van der Waals surface area contributed by atoms with Crippen molar-refractivity contribution in [1.82, 2.24) is 0 Å². The molecule has 90 valence electrons. The maximum absolute atomic E-state index is 11.1. The SMILES string of the molecule is Cc1ccc(S(=O)(=O)O)c(Cl)c1[C@H](C)CCl. The van der Waals surface area contributed by atoms with Gasteiger partial charge in [-0.25, -0.2) is 0 Å². The van der Waals surface area contributed by atoms with Crippen LogP contribution in [0.2, 0.25) is 5.02 Å².